The number of nitrogens with zero attached hydrogens (tertiary/aromatic N) is 2. The van der Waals surface area contributed by atoms with Crippen LogP contribution >= 0.6 is 0 Å². The molecular formula is C36H49N3O8S2. The average molecular weight is 716 g/mol. The van der Waals surface area contributed by atoms with E-state index in [1.165, 1.54) is 34.5 Å². The number of anilines is 1. The van der Waals surface area contributed by atoms with Gasteiger partial charge < -0.3 is 19.5 Å². The normalized spacial score (nSPS) is 20.6. The van der Waals surface area contributed by atoms with Gasteiger partial charge in [-0.05, 0) is 89.4 Å². The van der Waals surface area contributed by atoms with Gasteiger partial charge in [0.15, 0.2) is 0 Å². The molecule has 3 aromatic rings. The zero-order valence-corrected chi connectivity index (χ0v) is 30.8. The summed E-state index contributed by atoms with van der Waals surface area (Å²) in [5.41, 5.74) is 2.18. The van der Waals surface area contributed by atoms with E-state index in [-0.39, 0.29) is 52.8 Å². The molecule has 2 N–H and O–H groups in total. The number of benzene rings is 3. The van der Waals surface area contributed by atoms with Crippen molar-refractivity contribution in [3.05, 3.63) is 83.4 Å². The van der Waals surface area contributed by atoms with Crippen LogP contribution in [0, 0.1) is 19.8 Å². The number of hydrogen-bond donors (Lipinski definition) is 2. The van der Waals surface area contributed by atoms with Crippen molar-refractivity contribution in [1.82, 2.24) is 9.21 Å². The fraction of sp³-hybridized carbons (Fsp3) is 0.472. The molecule has 0 unspecified atom stereocenters. The maximum Gasteiger partial charge on any atom is 0.261 e. The van der Waals surface area contributed by atoms with Crippen LogP contribution in [0.25, 0.3) is 0 Å². The molecule has 0 aromatic heterocycles. The molecule has 4 rings (SSSR count). The van der Waals surface area contributed by atoms with E-state index in [2.05, 4.69) is 4.72 Å². The minimum absolute atomic E-state index is 0.0496. The van der Waals surface area contributed by atoms with Crippen LogP contribution in [0.3, 0.4) is 0 Å². The first-order valence-corrected chi connectivity index (χ1v) is 19.5. The van der Waals surface area contributed by atoms with E-state index in [0.29, 0.717) is 25.2 Å². The molecule has 0 saturated carbocycles. The van der Waals surface area contributed by atoms with Gasteiger partial charge in [0.2, 0.25) is 10.0 Å². The number of aliphatic hydroxyl groups excluding tert-OH is 1. The zero-order chi connectivity index (χ0) is 35.9. The number of nitrogens with one attached hydrogen (secondary N) is 1. The molecule has 0 radical (unpaired) electrons. The fourth-order valence-electron chi connectivity index (χ4n) is 5.62. The second-order valence-electron chi connectivity index (χ2n) is 13.0. The van der Waals surface area contributed by atoms with Gasteiger partial charge >= 0.3 is 0 Å². The van der Waals surface area contributed by atoms with E-state index in [9.17, 15) is 26.7 Å². The molecule has 0 fully saturated rings. The van der Waals surface area contributed by atoms with Crippen molar-refractivity contribution in [1.29, 1.82) is 0 Å². The fourth-order valence-corrected chi connectivity index (χ4v) is 7.85. The minimum Gasteiger partial charge on any atom is -0.490 e. The van der Waals surface area contributed by atoms with Crippen molar-refractivity contribution in [2.24, 2.45) is 5.92 Å². The van der Waals surface area contributed by atoms with Gasteiger partial charge in [0.25, 0.3) is 15.9 Å². The Hall–Kier alpha value is -3.49. The number of hydrogen-bond acceptors (Lipinski definition) is 8. The lowest BCUT2D eigenvalue weighted by Gasteiger charge is -2.35. The first-order chi connectivity index (χ1) is 23.1. The first-order valence-electron chi connectivity index (χ1n) is 16.6. The molecule has 0 spiro atoms. The molecule has 1 amide bonds. The lowest BCUT2D eigenvalue weighted by Crippen LogP contribution is -2.48. The molecule has 4 atom stereocenters. The van der Waals surface area contributed by atoms with Crippen LogP contribution in [0.5, 0.6) is 5.75 Å². The number of sulfonamides is 2. The van der Waals surface area contributed by atoms with Crippen LogP contribution < -0.4 is 9.46 Å². The van der Waals surface area contributed by atoms with Crippen molar-refractivity contribution in [3.63, 3.8) is 0 Å². The van der Waals surface area contributed by atoms with E-state index in [1.807, 2.05) is 27.7 Å². The van der Waals surface area contributed by atoms with Crippen molar-refractivity contribution in [3.8, 4) is 5.75 Å². The van der Waals surface area contributed by atoms with E-state index >= 15 is 0 Å². The number of aliphatic hydroxyl groups is 1. The molecule has 0 saturated heterocycles. The zero-order valence-electron chi connectivity index (χ0n) is 29.1. The smallest absolute Gasteiger partial charge is 0.261 e. The Balaban J connectivity index is 1.67. The number of carbonyl (C=O) groups is 1. The van der Waals surface area contributed by atoms with Crippen LogP contribution in [0.4, 0.5) is 5.69 Å². The second-order valence-corrected chi connectivity index (χ2v) is 16.8. The van der Waals surface area contributed by atoms with Gasteiger partial charge in [0, 0.05) is 38.3 Å². The molecule has 11 nitrogen and oxygen atoms in total. The molecule has 13 heteroatoms. The highest BCUT2D eigenvalue weighted by Gasteiger charge is 2.32. The van der Waals surface area contributed by atoms with Gasteiger partial charge in [0.1, 0.15) is 5.75 Å². The first kappa shape index (κ1) is 38.3. The van der Waals surface area contributed by atoms with E-state index in [4.69, 9.17) is 9.47 Å². The summed E-state index contributed by atoms with van der Waals surface area (Å²) in [6, 6.07) is 17.1. The predicted molar refractivity (Wildman–Crippen MR) is 190 cm³/mol. The van der Waals surface area contributed by atoms with Gasteiger partial charge in [-0.25, -0.2) is 16.8 Å². The molecule has 0 bridgehead atoms. The summed E-state index contributed by atoms with van der Waals surface area (Å²) in [6.07, 6.45) is 1.31. The van der Waals surface area contributed by atoms with Crippen molar-refractivity contribution < 1.29 is 36.2 Å². The number of ether oxygens (including phenoxy) is 2. The van der Waals surface area contributed by atoms with Crippen LogP contribution in [0.2, 0.25) is 0 Å². The van der Waals surface area contributed by atoms with Crippen LogP contribution in [-0.2, 0) is 24.8 Å². The third-order valence-electron chi connectivity index (χ3n) is 8.80. The van der Waals surface area contributed by atoms with Gasteiger partial charge in [0.05, 0.1) is 40.2 Å². The van der Waals surface area contributed by atoms with Crippen molar-refractivity contribution >= 4 is 31.6 Å². The Morgan fingerprint density at radius 3 is 2.16 bits per heavy atom. The highest BCUT2D eigenvalue weighted by molar-refractivity contribution is 7.92. The van der Waals surface area contributed by atoms with E-state index in [0.717, 1.165) is 17.5 Å². The Labute approximate surface area is 291 Å². The minimum atomic E-state index is -3.96. The van der Waals surface area contributed by atoms with Gasteiger partial charge in [-0.3, -0.25) is 9.52 Å². The van der Waals surface area contributed by atoms with Crippen LogP contribution in [0.15, 0.2) is 76.5 Å². The highest BCUT2D eigenvalue weighted by Crippen LogP contribution is 2.30. The molecule has 1 heterocycles. The summed E-state index contributed by atoms with van der Waals surface area (Å²) >= 11 is 0. The number of likely N-dealkylation sites (N-methyl/N-ethyl adjacent to an activating group) is 1. The average Bonchev–Trinajstić information content (AvgIpc) is 3.06. The summed E-state index contributed by atoms with van der Waals surface area (Å²) in [7, 11) is -6.25. The van der Waals surface area contributed by atoms with Crippen LogP contribution in [-0.4, -0.2) is 88.7 Å². The molecule has 0 aliphatic carbocycles. The van der Waals surface area contributed by atoms with Crippen molar-refractivity contribution in [2.75, 3.05) is 38.1 Å². The summed E-state index contributed by atoms with van der Waals surface area (Å²) < 4.78 is 69.8. The summed E-state index contributed by atoms with van der Waals surface area (Å²) in [5.74, 6) is -0.529. The SMILES string of the molecule is Cc1ccc(S(=O)(=O)Nc2ccc3c(c2)C(=O)N([C@@H](C)CO)C[C@H](C)[C@H](CN(C)S(=O)(=O)c2ccc(C)cc2)OCCCC[C@H](C)O3)cc1. The summed E-state index contributed by atoms with van der Waals surface area (Å²) in [6.45, 7) is 9.49. The van der Waals surface area contributed by atoms with E-state index in [1.54, 1.807) is 55.5 Å². The Kier molecular flexibility index (Phi) is 12.9. The molecule has 1 aliphatic heterocycles. The lowest BCUT2D eigenvalue weighted by molar-refractivity contribution is -0.00833. The quantitative estimate of drug-likeness (QED) is 0.307. The van der Waals surface area contributed by atoms with Gasteiger partial charge in [-0.2, -0.15) is 4.31 Å². The Morgan fingerprint density at radius 2 is 1.55 bits per heavy atom. The maximum absolute atomic E-state index is 14.4. The summed E-state index contributed by atoms with van der Waals surface area (Å²) in [5, 5.41) is 10.2. The molecule has 268 valence electrons. The Morgan fingerprint density at radius 1 is 0.939 bits per heavy atom. The standard InChI is InChI=1S/C36H49N3O8S2/c1-25-10-15-31(16-11-25)48(42,43)37-30-14-19-34-33(21-30)36(41)39(28(4)24-40)22-27(3)35(46-20-8-7-9-29(5)47-34)23-38(6)49(44,45)32-17-12-26(2)13-18-32/h10-19,21,27-29,35,37,40H,7-9,20,22-24H2,1-6H3/t27-,28-,29-,35-/m0/s1. The summed E-state index contributed by atoms with van der Waals surface area (Å²) in [4.78, 5) is 16.2. The second kappa shape index (κ2) is 16.5. The third kappa shape index (κ3) is 9.82. The molecular weight excluding hydrogens is 667 g/mol. The number of carbonyl (C=O) groups excluding carboxylic acids is 1. The van der Waals surface area contributed by atoms with Gasteiger partial charge in [-0.1, -0.05) is 42.3 Å². The predicted octanol–water partition coefficient (Wildman–Crippen LogP) is 5.22. The van der Waals surface area contributed by atoms with Crippen molar-refractivity contribution in [2.45, 2.75) is 81.9 Å². The number of fused-ring (bicyclic) bond motifs is 1. The topological polar surface area (TPSA) is 143 Å². The van der Waals surface area contributed by atoms with E-state index < -0.39 is 38.1 Å². The molecule has 49 heavy (non-hydrogen) atoms. The largest absolute Gasteiger partial charge is 0.490 e. The number of aryl methyl sites for hydroxylation is 2. The molecule has 1 aliphatic rings. The number of amides is 1. The third-order valence-corrected chi connectivity index (χ3v) is 12.0. The Bertz CT molecular complexity index is 1780. The van der Waals surface area contributed by atoms with Crippen LogP contribution in [0.1, 0.15) is 61.5 Å². The van der Waals surface area contributed by atoms with Gasteiger partial charge in [-0.15, -0.1) is 0 Å². The monoisotopic (exact) mass is 715 g/mol. The number of rotatable bonds is 9. The molecule has 3 aromatic carbocycles. The lowest BCUT2D eigenvalue weighted by atomic mass is 10.0. The maximum atomic E-state index is 14.4. The highest BCUT2D eigenvalue weighted by atomic mass is 32.2.